The van der Waals surface area contributed by atoms with Gasteiger partial charge < -0.3 is 10.1 Å². The van der Waals surface area contributed by atoms with E-state index in [9.17, 15) is 0 Å². The molecular formula is C13H13Cl2N3O. The fraction of sp³-hybridized carbons (Fsp3) is 0.231. The summed E-state index contributed by atoms with van der Waals surface area (Å²) < 4.78 is 5.10. The molecule has 0 aliphatic rings. The predicted molar refractivity (Wildman–Crippen MR) is 77.4 cm³/mol. The number of para-hydroxylation sites is 1. The van der Waals surface area contributed by atoms with Crippen molar-refractivity contribution in [3.8, 4) is 0 Å². The lowest BCUT2D eigenvalue weighted by molar-refractivity contribution is 0.202. The summed E-state index contributed by atoms with van der Waals surface area (Å²) in [5.74, 6) is 0. The number of benzene rings is 1. The number of nitrogens with one attached hydrogen (secondary N) is 1. The van der Waals surface area contributed by atoms with Gasteiger partial charge in [0.05, 0.1) is 12.3 Å². The summed E-state index contributed by atoms with van der Waals surface area (Å²) in [4.78, 5) is 0. The van der Waals surface area contributed by atoms with Gasteiger partial charge in [-0.2, -0.15) is 0 Å². The first kappa shape index (κ1) is 14.1. The highest BCUT2D eigenvalue weighted by Crippen LogP contribution is 2.27. The third kappa shape index (κ3) is 3.80. The van der Waals surface area contributed by atoms with Crippen molar-refractivity contribution < 1.29 is 4.74 Å². The number of rotatable bonds is 5. The first-order chi connectivity index (χ1) is 9.20. The lowest BCUT2D eigenvalue weighted by Crippen LogP contribution is -2.01. The smallest absolute Gasteiger partial charge is 0.175 e. The highest BCUT2D eigenvalue weighted by molar-refractivity contribution is 6.33. The third-order valence-corrected chi connectivity index (χ3v) is 3.05. The molecule has 0 saturated carbocycles. The normalized spacial score (nSPS) is 10.5. The van der Waals surface area contributed by atoms with Crippen LogP contribution in [0.25, 0.3) is 0 Å². The highest BCUT2D eigenvalue weighted by Gasteiger charge is 2.07. The number of hydrogen-bond acceptors (Lipinski definition) is 4. The van der Waals surface area contributed by atoms with Gasteiger partial charge in [0.1, 0.15) is 0 Å². The Balaban J connectivity index is 2.25. The van der Waals surface area contributed by atoms with Crippen molar-refractivity contribution in [1.82, 2.24) is 10.2 Å². The molecule has 0 fully saturated rings. The molecule has 0 unspecified atom stereocenters. The van der Waals surface area contributed by atoms with Gasteiger partial charge in [-0.1, -0.05) is 41.4 Å². The maximum atomic E-state index is 5.98. The minimum absolute atomic E-state index is 0.283. The molecule has 0 amide bonds. The van der Waals surface area contributed by atoms with Crippen molar-refractivity contribution >= 4 is 34.6 Å². The number of hydrogen-bond donors (Lipinski definition) is 1. The molecule has 0 atom stereocenters. The van der Waals surface area contributed by atoms with Crippen LogP contribution < -0.4 is 5.32 Å². The second-order valence-corrected chi connectivity index (χ2v) is 4.64. The molecule has 1 aromatic carbocycles. The Kier molecular flexibility index (Phi) is 4.96. The summed E-state index contributed by atoms with van der Waals surface area (Å²) in [6, 6.07) is 9.57. The molecule has 100 valence electrons. The molecule has 0 aliphatic carbocycles. The topological polar surface area (TPSA) is 47.0 Å². The highest BCUT2D eigenvalue weighted by atomic mass is 35.5. The monoisotopic (exact) mass is 297 g/mol. The van der Waals surface area contributed by atoms with Gasteiger partial charge in [0.15, 0.2) is 10.3 Å². The molecule has 0 radical (unpaired) electrons. The maximum Gasteiger partial charge on any atom is 0.175 e. The molecule has 0 saturated heterocycles. The maximum absolute atomic E-state index is 5.98. The number of aromatic nitrogens is 2. The van der Waals surface area contributed by atoms with Crippen LogP contribution in [0.2, 0.25) is 10.3 Å². The van der Waals surface area contributed by atoms with Crippen LogP contribution in [0.4, 0.5) is 11.4 Å². The van der Waals surface area contributed by atoms with E-state index in [1.165, 1.54) is 0 Å². The average Bonchev–Trinajstić information content (AvgIpc) is 2.42. The molecular weight excluding hydrogens is 285 g/mol. The van der Waals surface area contributed by atoms with Crippen LogP contribution in [-0.2, 0) is 11.2 Å². The zero-order valence-corrected chi connectivity index (χ0v) is 11.9. The Morgan fingerprint density at radius 2 is 1.95 bits per heavy atom. The Morgan fingerprint density at radius 3 is 2.74 bits per heavy atom. The van der Waals surface area contributed by atoms with Crippen molar-refractivity contribution in [3.05, 3.63) is 46.2 Å². The standard InChI is InChI=1S/C13H13Cl2N3O/c1-19-7-6-9-4-2-3-5-10(9)16-11-8-12(14)17-18-13(11)15/h2-5,8H,6-7H2,1H3,(H,16,17). The molecule has 0 bridgehead atoms. The van der Waals surface area contributed by atoms with Crippen LogP contribution >= 0.6 is 23.2 Å². The van der Waals surface area contributed by atoms with E-state index in [4.69, 9.17) is 27.9 Å². The summed E-state index contributed by atoms with van der Waals surface area (Å²) in [7, 11) is 1.68. The number of halogens is 2. The van der Waals surface area contributed by atoms with Gasteiger partial charge in [-0.05, 0) is 18.1 Å². The van der Waals surface area contributed by atoms with Crippen LogP contribution in [0, 0.1) is 0 Å². The molecule has 0 aliphatic heterocycles. The summed E-state index contributed by atoms with van der Waals surface area (Å²) >= 11 is 11.8. The lowest BCUT2D eigenvalue weighted by atomic mass is 10.1. The number of nitrogens with zero attached hydrogens (tertiary/aromatic N) is 2. The summed E-state index contributed by atoms with van der Waals surface area (Å²) in [5, 5.41) is 11.2. The second kappa shape index (κ2) is 6.70. The minimum Gasteiger partial charge on any atom is -0.384 e. The minimum atomic E-state index is 0.283. The molecule has 1 N–H and O–H groups in total. The molecule has 2 aromatic rings. The van der Waals surface area contributed by atoms with Crippen molar-refractivity contribution in [3.63, 3.8) is 0 Å². The molecule has 1 aromatic heterocycles. The van der Waals surface area contributed by atoms with E-state index in [1.54, 1.807) is 13.2 Å². The number of ether oxygens (including phenoxy) is 1. The van der Waals surface area contributed by atoms with Gasteiger partial charge >= 0.3 is 0 Å². The number of anilines is 2. The van der Waals surface area contributed by atoms with Gasteiger partial charge in [0, 0.05) is 18.9 Å². The zero-order chi connectivity index (χ0) is 13.7. The molecule has 0 spiro atoms. The molecule has 6 heteroatoms. The van der Waals surface area contributed by atoms with E-state index in [2.05, 4.69) is 15.5 Å². The van der Waals surface area contributed by atoms with E-state index in [0.717, 1.165) is 17.7 Å². The van der Waals surface area contributed by atoms with Crippen molar-refractivity contribution in [2.24, 2.45) is 0 Å². The van der Waals surface area contributed by atoms with Crippen LogP contribution in [0.3, 0.4) is 0 Å². The van der Waals surface area contributed by atoms with Crippen molar-refractivity contribution in [2.45, 2.75) is 6.42 Å². The van der Waals surface area contributed by atoms with Gasteiger partial charge in [-0.25, -0.2) is 0 Å². The van der Waals surface area contributed by atoms with Gasteiger partial charge in [0.25, 0.3) is 0 Å². The van der Waals surface area contributed by atoms with Crippen molar-refractivity contribution in [1.29, 1.82) is 0 Å². The molecule has 19 heavy (non-hydrogen) atoms. The zero-order valence-electron chi connectivity index (χ0n) is 10.4. The Labute approximate surface area is 121 Å². The fourth-order valence-electron chi connectivity index (χ4n) is 1.66. The van der Waals surface area contributed by atoms with Crippen LogP contribution in [0.15, 0.2) is 30.3 Å². The quantitative estimate of drug-likeness (QED) is 0.914. The first-order valence-corrected chi connectivity index (χ1v) is 6.49. The van der Waals surface area contributed by atoms with Crippen molar-refractivity contribution in [2.75, 3.05) is 19.0 Å². The molecule has 1 heterocycles. The van der Waals surface area contributed by atoms with E-state index in [1.807, 2.05) is 24.3 Å². The average molecular weight is 298 g/mol. The summed E-state index contributed by atoms with van der Waals surface area (Å²) in [6.45, 7) is 0.655. The van der Waals surface area contributed by atoms with Crippen LogP contribution in [0.5, 0.6) is 0 Å². The molecule has 4 nitrogen and oxygen atoms in total. The van der Waals surface area contributed by atoms with Gasteiger partial charge in [-0.15, -0.1) is 10.2 Å². The van der Waals surface area contributed by atoms with E-state index in [0.29, 0.717) is 17.4 Å². The number of methoxy groups -OCH3 is 1. The van der Waals surface area contributed by atoms with Crippen LogP contribution in [0.1, 0.15) is 5.56 Å². The Bertz CT molecular complexity index is 563. The van der Waals surface area contributed by atoms with Gasteiger partial charge in [-0.3, -0.25) is 0 Å². The summed E-state index contributed by atoms with van der Waals surface area (Å²) in [6.07, 6.45) is 0.809. The molecule has 2 rings (SSSR count). The SMILES string of the molecule is COCCc1ccccc1Nc1cc(Cl)nnc1Cl. The second-order valence-electron chi connectivity index (χ2n) is 3.90. The Hall–Kier alpha value is -1.36. The lowest BCUT2D eigenvalue weighted by Gasteiger charge is -2.12. The van der Waals surface area contributed by atoms with Crippen LogP contribution in [-0.4, -0.2) is 23.9 Å². The third-order valence-electron chi connectivity index (χ3n) is 2.58. The predicted octanol–water partition coefficient (Wildman–Crippen LogP) is 3.72. The van der Waals surface area contributed by atoms with E-state index in [-0.39, 0.29) is 5.15 Å². The summed E-state index contributed by atoms with van der Waals surface area (Å²) in [5.41, 5.74) is 2.71. The van der Waals surface area contributed by atoms with E-state index >= 15 is 0 Å². The Morgan fingerprint density at radius 1 is 1.16 bits per heavy atom. The fourth-order valence-corrected chi connectivity index (χ4v) is 1.94. The van der Waals surface area contributed by atoms with Gasteiger partial charge in [0.2, 0.25) is 0 Å². The van der Waals surface area contributed by atoms with E-state index < -0.39 is 0 Å². The largest absolute Gasteiger partial charge is 0.384 e. The first-order valence-electron chi connectivity index (χ1n) is 5.73.